The van der Waals surface area contributed by atoms with Gasteiger partial charge in [0.05, 0.1) is 11.9 Å². The van der Waals surface area contributed by atoms with Gasteiger partial charge in [-0.05, 0) is 22.4 Å². The number of nitrogens with zero attached hydrogens (tertiary/aromatic N) is 3. The highest BCUT2D eigenvalue weighted by molar-refractivity contribution is 9.10. The molecular weight excluding hydrogens is 312 g/mol. The van der Waals surface area contributed by atoms with Crippen molar-refractivity contribution in [1.82, 2.24) is 14.7 Å². The Morgan fingerprint density at radius 2 is 2.21 bits per heavy atom. The number of anilines is 1. The van der Waals surface area contributed by atoms with Crippen LogP contribution in [-0.2, 0) is 11.3 Å². The fourth-order valence-electron chi connectivity index (χ4n) is 1.49. The van der Waals surface area contributed by atoms with Gasteiger partial charge in [-0.25, -0.2) is 4.68 Å². The molecule has 106 valence electrons. The van der Waals surface area contributed by atoms with Crippen molar-refractivity contribution >= 4 is 27.5 Å². The van der Waals surface area contributed by atoms with Crippen molar-refractivity contribution in [2.24, 2.45) is 0 Å². The first kappa shape index (κ1) is 15.7. The second-order valence-corrected chi connectivity index (χ2v) is 5.16. The van der Waals surface area contributed by atoms with Gasteiger partial charge in [-0.15, -0.1) is 0 Å². The summed E-state index contributed by atoms with van der Waals surface area (Å²) in [5.74, 6) is 0.0379. The molecule has 0 bridgehead atoms. The highest BCUT2D eigenvalue weighted by Gasteiger charge is 2.09. The van der Waals surface area contributed by atoms with Crippen LogP contribution < -0.4 is 10.9 Å². The third kappa shape index (κ3) is 4.34. The molecular formula is C12H19BrN4O2. The third-order valence-corrected chi connectivity index (χ3v) is 3.34. The van der Waals surface area contributed by atoms with E-state index in [4.69, 9.17) is 0 Å². The molecule has 1 aromatic rings. The number of hydrogen-bond donors (Lipinski definition) is 1. The zero-order valence-electron chi connectivity index (χ0n) is 11.4. The van der Waals surface area contributed by atoms with Gasteiger partial charge < -0.3 is 10.2 Å². The molecule has 1 amide bonds. The van der Waals surface area contributed by atoms with E-state index in [0.717, 1.165) is 6.42 Å². The molecule has 0 saturated carbocycles. The molecule has 0 saturated heterocycles. The van der Waals surface area contributed by atoms with Crippen molar-refractivity contribution in [2.75, 3.05) is 26.0 Å². The Balaban J connectivity index is 2.68. The fraction of sp³-hybridized carbons (Fsp3) is 0.583. The van der Waals surface area contributed by atoms with Crippen LogP contribution in [-0.4, -0.2) is 41.2 Å². The first-order chi connectivity index (χ1) is 8.97. The second kappa shape index (κ2) is 7.28. The smallest absolute Gasteiger partial charge is 0.283 e. The summed E-state index contributed by atoms with van der Waals surface area (Å²) in [5.41, 5.74) is 0.453. The largest absolute Gasteiger partial charge is 0.382 e. The van der Waals surface area contributed by atoms with E-state index >= 15 is 0 Å². The van der Waals surface area contributed by atoms with Gasteiger partial charge in [-0.3, -0.25) is 9.59 Å². The Morgan fingerprint density at radius 1 is 1.53 bits per heavy atom. The zero-order valence-corrected chi connectivity index (χ0v) is 13.0. The van der Waals surface area contributed by atoms with Crippen LogP contribution in [0.3, 0.4) is 0 Å². The molecule has 1 aromatic heterocycles. The summed E-state index contributed by atoms with van der Waals surface area (Å²) < 4.78 is 1.87. The van der Waals surface area contributed by atoms with Crippen molar-refractivity contribution in [3.63, 3.8) is 0 Å². The Labute approximate surface area is 120 Å². The maximum atomic E-state index is 11.9. The lowest BCUT2D eigenvalue weighted by Crippen LogP contribution is -2.26. The van der Waals surface area contributed by atoms with Crippen molar-refractivity contribution in [2.45, 2.75) is 26.3 Å². The molecule has 0 atom stereocenters. The molecule has 6 nitrogen and oxygen atoms in total. The summed E-state index contributed by atoms with van der Waals surface area (Å²) >= 11 is 3.27. The summed E-state index contributed by atoms with van der Waals surface area (Å²) in [6, 6.07) is 0. The van der Waals surface area contributed by atoms with Gasteiger partial charge in [0.25, 0.3) is 5.56 Å². The van der Waals surface area contributed by atoms with E-state index in [0.29, 0.717) is 29.7 Å². The molecule has 0 fully saturated rings. The first-order valence-corrected chi connectivity index (χ1v) is 6.96. The maximum Gasteiger partial charge on any atom is 0.283 e. The van der Waals surface area contributed by atoms with E-state index in [1.165, 1.54) is 9.58 Å². The topological polar surface area (TPSA) is 67.2 Å². The van der Waals surface area contributed by atoms with E-state index in [-0.39, 0.29) is 11.5 Å². The highest BCUT2D eigenvalue weighted by Crippen LogP contribution is 2.15. The summed E-state index contributed by atoms with van der Waals surface area (Å²) in [4.78, 5) is 24.9. The van der Waals surface area contributed by atoms with E-state index in [9.17, 15) is 9.59 Å². The average molecular weight is 331 g/mol. The normalized spacial score (nSPS) is 10.3. The van der Waals surface area contributed by atoms with Crippen LogP contribution in [0.2, 0.25) is 0 Å². The van der Waals surface area contributed by atoms with Crippen LogP contribution >= 0.6 is 15.9 Å². The van der Waals surface area contributed by atoms with E-state index < -0.39 is 0 Å². The molecule has 0 aliphatic carbocycles. The van der Waals surface area contributed by atoms with Crippen LogP contribution in [0.15, 0.2) is 15.5 Å². The van der Waals surface area contributed by atoms with Gasteiger partial charge in [0, 0.05) is 33.6 Å². The molecule has 19 heavy (non-hydrogen) atoms. The molecule has 1 rings (SSSR count). The summed E-state index contributed by atoms with van der Waals surface area (Å²) in [5, 5.41) is 7.12. The molecule has 1 heterocycles. The third-order valence-electron chi connectivity index (χ3n) is 2.57. The van der Waals surface area contributed by atoms with Gasteiger partial charge >= 0.3 is 0 Å². The standard InChI is InChI=1S/C12H19BrN4O2/c1-4-7-17-12(19)11(13)9(8-15-17)14-6-5-10(18)16(2)3/h8,14H,4-7H2,1-3H3. The van der Waals surface area contributed by atoms with Crippen molar-refractivity contribution in [3.8, 4) is 0 Å². The van der Waals surface area contributed by atoms with Gasteiger partial charge in [0.2, 0.25) is 5.91 Å². The zero-order chi connectivity index (χ0) is 14.4. The molecule has 0 aromatic carbocycles. The molecule has 0 spiro atoms. The Hall–Kier alpha value is -1.37. The monoisotopic (exact) mass is 330 g/mol. The van der Waals surface area contributed by atoms with Gasteiger partial charge in [-0.1, -0.05) is 6.92 Å². The first-order valence-electron chi connectivity index (χ1n) is 6.17. The minimum atomic E-state index is -0.161. The van der Waals surface area contributed by atoms with Crippen LogP contribution in [0, 0.1) is 0 Å². The molecule has 0 radical (unpaired) electrons. The van der Waals surface area contributed by atoms with E-state index in [2.05, 4.69) is 26.3 Å². The number of carbonyl (C=O) groups is 1. The van der Waals surface area contributed by atoms with Crippen molar-refractivity contribution in [1.29, 1.82) is 0 Å². The number of carbonyl (C=O) groups excluding carboxylic acids is 1. The van der Waals surface area contributed by atoms with Gasteiger partial charge in [0.15, 0.2) is 0 Å². The number of aryl methyl sites for hydroxylation is 1. The lowest BCUT2D eigenvalue weighted by molar-refractivity contribution is -0.128. The minimum absolute atomic E-state index is 0.0379. The average Bonchev–Trinajstić information content (AvgIpc) is 2.37. The number of nitrogens with one attached hydrogen (secondary N) is 1. The Kier molecular flexibility index (Phi) is 6.01. The molecule has 0 aliphatic rings. The van der Waals surface area contributed by atoms with Crippen LogP contribution in [0.1, 0.15) is 19.8 Å². The van der Waals surface area contributed by atoms with Crippen molar-refractivity contribution < 1.29 is 4.79 Å². The SMILES string of the molecule is CCCn1ncc(NCCC(=O)N(C)C)c(Br)c1=O. The number of amides is 1. The van der Waals surface area contributed by atoms with E-state index in [1.807, 2.05) is 6.92 Å². The lowest BCUT2D eigenvalue weighted by atomic mass is 10.3. The number of hydrogen-bond acceptors (Lipinski definition) is 4. The summed E-state index contributed by atoms with van der Waals surface area (Å²) in [7, 11) is 3.43. The van der Waals surface area contributed by atoms with Gasteiger partial charge in [-0.2, -0.15) is 5.10 Å². The summed E-state index contributed by atoms with van der Waals surface area (Å²) in [6.45, 7) is 3.05. The van der Waals surface area contributed by atoms with Crippen LogP contribution in [0.5, 0.6) is 0 Å². The van der Waals surface area contributed by atoms with Crippen LogP contribution in [0.4, 0.5) is 5.69 Å². The Morgan fingerprint density at radius 3 is 2.79 bits per heavy atom. The number of halogens is 1. The summed E-state index contributed by atoms with van der Waals surface area (Å²) in [6.07, 6.45) is 2.82. The molecule has 0 unspecified atom stereocenters. The van der Waals surface area contributed by atoms with Crippen LogP contribution in [0.25, 0.3) is 0 Å². The quantitative estimate of drug-likeness (QED) is 0.853. The van der Waals surface area contributed by atoms with Crippen molar-refractivity contribution in [3.05, 3.63) is 21.0 Å². The molecule has 1 N–H and O–H groups in total. The Bertz CT molecular complexity index is 499. The number of rotatable bonds is 6. The maximum absolute atomic E-state index is 11.9. The van der Waals surface area contributed by atoms with E-state index in [1.54, 1.807) is 20.3 Å². The highest BCUT2D eigenvalue weighted by atomic mass is 79.9. The predicted octanol–water partition coefficient (Wildman–Crippen LogP) is 1.31. The fourth-order valence-corrected chi connectivity index (χ4v) is 1.93. The minimum Gasteiger partial charge on any atom is -0.382 e. The molecule has 7 heteroatoms. The lowest BCUT2D eigenvalue weighted by Gasteiger charge is -2.12. The second-order valence-electron chi connectivity index (χ2n) is 4.37. The molecule has 0 aliphatic heterocycles. The predicted molar refractivity (Wildman–Crippen MR) is 78.3 cm³/mol. The van der Waals surface area contributed by atoms with Gasteiger partial charge in [0.1, 0.15) is 4.47 Å². The number of aromatic nitrogens is 2.